The summed E-state index contributed by atoms with van der Waals surface area (Å²) < 4.78 is 4.43. The number of nitrogens with one attached hydrogen (secondary N) is 1. The molecule has 0 saturated heterocycles. The van der Waals surface area contributed by atoms with Crippen LogP contribution in [0.25, 0.3) is 15.9 Å². The summed E-state index contributed by atoms with van der Waals surface area (Å²) in [7, 11) is 1.98. The molecule has 3 aromatic heterocycles. The van der Waals surface area contributed by atoms with Gasteiger partial charge in [-0.3, -0.25) is 4.40 Å². The summed E-state index contributed by atoms with van der Waals surface area (Å²) in [5.74, 6) is 0. The molecule has 0 radical (unpaired) electrons. The largest absolute Gasteiger partial charge is 0.337 e. The zero-order chi connectivity index (χ0) is 14.2. The van der Waals surface area contributed by atoms with Crippen LogP contribution in [-0.2, 0) is 13.1 Å². The molecular formula is C16H16N4S. The zero-order valence-corrected chi connectivity index (χ0v) is 12.6. The van der Waals surface area contributed by atoms with Crippen molar-refractivity contribution in [2.45, 2.75) is 13.1 Å². The number of thiazole rings is 1. The van der Waals surface area contributed by atoms with Crippen LogP contribution in [0.4, 0.5) is 0 Å². The molecule has 3 heterocycles. The highest BCUT2D eigenvalue weighted by Gasteiger charge is 2.10. The van der Waals surface area contributed by atoms with Crippen molar-refractivity contribution >= 4 is 27.2 Å². The van der Waals surface area contributed by atoms with Gasteiger partial charge in [-0.15, -0.1) is 11.3 Å². The molecule has 0 atom stereocenters. The van der Waals surface area contributed by atoms with Gasteiger partial charge in [0.2, 0.25) is 0 Å². The van der Waals surface area contributed by atoms with Crippen LogP contribution < -0.4 is 5.32 Å². The van der Waals surface area contributed by atoms with Crippen molar-refractivity contribution in [3.63, 3.8) is 0 Å². The van der Waals surface area contributed by atoms with Crippen molar-refractivity contribution in [2.75, 3.05) is 7.05 Å². The van der Waals surface area contributed by atoms with E-state index in [9.17, 15) is 0 Å². The molecule has 0 bridgehead atoms. The molecular weight excluding hydrogens is 280 g/mol. The second-order valence-corrected chi connectivity index (χ2v) is 6.01. The van der Waals surface area contributed by atoms with E-state index in [2.05, 4.69) is 62.4 Å². The molecule has 4 aromatic rings. The number of hydrogen-bond donors (Lipinski definition) is 1. The maximum Gasteiger partial charge on any atom is 0.193 e. The zero-order valence-electron chi connectivity index (χ0n) is 11.8. The SMILES string of the molecule is CNCc1cc2ccccc2n1Cc1cn2ccsc2n1. The average Bonchev–Trinajstić information content (AvgIpc) is 3.14. The average molecular weight is 296 g/mol. The summed E-state index contributed by atoms with van der Waals surface area (Å²) in [5, 5.41) is 6.59. The smallest absolute Gasteiger partial charge is 0.193 e. The van der Waals surface area contributed by atoms with Crippen molar-refractivity contribution in [1.29, 1.82) is 0 Å². The molecule has 0 aliphatic carbocycles. The van der Waals surface area contributed by atoms with E-state index in [1.807, 2.05) is 7.05 Å². The third-order valence-corrected chi connectivity index (χ3v) is 4.49. The van der Waals surface area contributed by atoms with Crippen molar-refractivity contribution in [1.82, 2.24) is 19.3 Å². The summed E-state index contributed by atoms with van der Waals surface area (Å²) in [6.45, 7) is 1.66. The first-order chi connectivity index (χ1) is 10.3. The fourth-order valence-electron chi connectivity index (χ4n) is 2.80. The summed E-state index contributed by atoms with van der Waals surface area (Å²) in [6, 6.07) is 10.8. The Kier molecular flexibility index (Phi) is 3.02. The van der Waals surface area contributed by atoms with E-state index >= 15 is 0 Å². The molecule has 0 spiro atoms. The van der Waals surface area contributed by atoms with Crippen LogP contribution in [0.15, 0.2) is 48.1 Å². The van der Waals surface area contributed by atoms with Crippen molar-refractivity contribution in [3.8, 4) is 0 Å². The van der Waals surface area contributed by atoms with E-state index in [4.69, 9.17) is 4.98 Å². The van der Waals surface area contributed by atoms with Crippen LogP contribution >= 0.6 is 11.3 Å². The van der Waals surface area contributed by atoms with E-state index in [0.717, 1.165) is 23.7 Å². The van der Waals surface area contributed by atoms with Crippen LogP contribution in [0.1, 0.15) is 11.4 Å². The fraction of sp³-hybridized carbons (Fsp3) is 0.188. The maximum absolute atomic E-state index is 4.70. The predicted molar refractivity (Wildman–Crippen MR) is 86.9 cm³/mol. The summed E-state index contributed by atoms with van der Waals surface area (Å²) >= 11 is 1.67. The van der Waals surface area contributed by atoms with Gasteiger partial charge in [0.05, 0.1) is 12.2 Å². The molecule has 0 unspecified atom stereocenters. The monoisotopic (exact) mass is 296 g/mol. The van der Waals surface area contributed by atoms with Crippen LogP contribution in [0.5, 0.6) is 0 Å². The van der Waals surface area contributed by atoms with Gasteiger partial charge in [-0.1, -0.05) is 18.2 Å². The topological polar surface area (TPSA) is 34.3 Å². The Balaban J connectivity index is 1.80. The van der Waals surface area contributed by atoms with Crippen LogP contribution in [0.3, 0.4) is 0 Å². The standard InChI is InChI=1S/C16H16N4S/c1-17-9-14-8-12-4-2-3-5-15(12)20(14)11-13-10-19-6-7-21-16(19)18-13/h2-8,10,17H,9,11H2,1H3. The van der Waals surface area contributed by atoms with E-state index in [1.54, 1.807) is 11.3 Å². The lowest BCUT2D eigenvalue weighted by atomic mass is 10.2. The highest BCUT2D eigenvalue weighted by Crippen LogP contribution is 2.22. The van der Waals surface area contributed by atoms with E-state index in [0.29, 0.717) is 0 Å². The van der Waals surface area contributed by atoms with Crippen LogP contribution in [-0.4, -0.2) is 21.0 Å². The highest BCUT2D eigenvalue weighted by molar-refractivity contribution is 7.15. The molecule has 5 heteroatoms. The second-order valence-electron chi connectivity index (χ2n) is 5.14. The molecule has 0 aliphatic heterocycles. The number of benzene rings is 1. The molecule has 21 heavy (non-hydrogen) atoms. The number of imidazole rings is 1. The number of rotatable bonds is 4. The Hall–Kier alpha value is -2.11. The summed E-state index contributed by atoms with van der Waals surface area (Å²) in [4.78, 5) is 5.75. The Morgan fingerprint density at radius 2 is 2.19 bits per heavy atom. The Morgan fingerprint density at radius 1 is 1.29 bits per heavy atom. The van der Waals surface area contributed by atoms with Crippen LogP contribution in [0, 0.1) is 0 Å². The van der Waals surface area contributed by atoms with E-state index in [1.165, 1.54) is 16.6 Å². The lowest BCUT2D eigenvalue weighted by Gasteiger charge is -2.08. The second kappa shape index (κ2) is 5.02. The predicted octanol–water partition coefficient (Wildman–Crippen LogP) is 3.12. The lowest BCUT2D eigenvalue weighted by molar-refractivity contribution is 0.702. The lowest BCUT2D eigenvalue weighted by Crippen LogP contribution is -2.12. The molecule has 0 aliphatic rings. The van der Waals surface area contributed by atoms with E-state index in [-0.39, 0.29) is 0 Å². The molecule has 106 valence electrons. The van der Waals surface area contributed by atoms with Gasteiger partial charge in [-0.2, -0.15) is 0 Å². The number of nitrogens with zero attached hydrogens (tertiary/aromatic N) is 3. The first-order valence-electron chi connectivity index (χ1n) is 6.98. The van der Waals surface area contributed by atoms with Gasteiger partial charge in [0, 0.05) is 35.5 Å². The Morgan fingerprint density at radius 3 is 3.05 bits per heavy atom. The van der Waals surface area contributed by atoms with Crippen molar-refractivity contribution < 1.29 is 0 Å². The Labute approximate surface area is 126 Å². The molecule has 4 nitrogen and oxygen atoms in total. The van der Waals surface area contributed by atoms with Gasteiger partial charge in [0.1, 0.15) is 0 Å². The summed E-state index contributed by atoms with van der Waals surface area (Å²) in [6.07, 6.45) is 4.17. The first kappa shape index (κ1) is 12.6. The van der Waals surface area contributed by atoms with Gasteiger partial charge in [0.25, 0.3) is 0 Å². The molecule has 0 amide bonds. The fourth-order valence-corrected chi connectivity index (χ4v) is 3.52. The third kappa shape index (κ3) is 2.14. The molecule has 1 aromatic carbocycles. The van der Waals surface area contributed by atoms with Gasteiger partial charge >= 0.3 is 0 Å². The number of fused-ring (bicyclic) bond motifs is 2. The number of aromatic nitrogens is 3. The van der Waals surface area contributed by atoms with Crippen molar-refractivity contribution in [2.24, 2.45) is 0 Å². The first-order valence-corrected chi connectivity index (χ1v) is 7.86. The van der Waals surface area contributed by atoms with Gasteiger partial charge in [0.15, 0.2) is 4.96 Å². The van der Waals surface area contributed by atoms with Gasteiger partial charge in [-0.05, 0) is 24.6 Å². The third-order valence-electron chi connectivity index (χ3n) is 3.72. The molecule has 4 rings (SSSR count). The normalized spacial score (nSPS) is 11.7. The quantitative estimate of drug-likeness (QED) is 0.628. The van der Waals surface area contributed by atoms with Crippen molar-refractivity contribution in [3.05, 3.63) is 59.5 Å². The van der Waals surface area contributed by atoms with E-state index < -0.39 is 0 Å². The van der Waals surface area contributed by atoms with Gasteiger partial charge in [-0.25, -0.2) is 4.98 Å². The van der Waals surface area contributed by atoms with Crippen LogP contribution in [0.2, 0.25) is 0 Å². The molecule has 0 fully saturated rings. The maximum atomic E-state index is 4.70. The minimum Gasteiger partial charge on any atom is -0.337 e. The highest BCUT2D eigenvalue weighted by atomic mass is 32.1. The Bertz CT molecular complexity index is 871. The van der Waals surface area contributed by atoms with Gasteiger partial charge < -0.3 is 9.88 Å². The number of hydrogen-bond acceptors (Lipinski definition) is 3. The number of para-hydroxylation sites is 1. The molecule has 0 saturated carbocycles. The summed E-state index contributed by atoms with van der Waals surface area (Å²) in [5.41, 5.74) is 3.65. The minimum absolute atomic E-state index is 0.804. The molecule has 1 N–H and O–H groups in total. The minimum atomic E-state index is 0.804.